The minimum atomic E-state index is -3.72. The van der Waals surface area contributed by atoms with E-state index in [-0.39, 0.29) is 42.5 Å². The summed E-state index contributed by atoms with van der Waals surface area (Å²) >= 11 is 0. The summed E-state index contributed by atoms with van der Waals surface area (Å²) in [5.74, 6) is 0.840. The first-order valence-corrected chi connectivity index (χ1v) is 13.7. The average molecular weight is 499 g/mol. The maximum Gasteiger partial charge on any atom is 0.243 e. The van der Waals surface area contributed by atoms with Gasteiger partial charge >= 0.3 is 0 Å². The fourth-order valence-electron chi connectivity index (χ4n) is 4.90. The SMILES string of the molecule is O=C(CCC(=O)N1CCN(S(=O)(=O)c2ccc3c(c2)OCCCO3)CC1)c1ccc2c(c1)CCC2. The molecule has 0 atom stereocenters. The second-order valence-electron chi connectivity index (χ2n) is 9.20. The highest BCUT2D eigenvalue weighted by Gasteiger charge is 2.31. The van der Waals surface area contributed by atoms with Crippen LogP contribution in [-0.2, 0) is 27.7 Å². The standard InChI is InChI=1S/C26H30N2O6S/c29-23(21-6-5-19-3-1-4-20(19)17-21)8-10-26(30)27-11-13-28(14-12-27)35(31,32)22-7-9-24-25(18-22)34-16-2-15-33-24/h5-7,9,17-18H,1-4,8,10-16H2. The van der Waals surface area contributed by atoms with Crippen LogP contribution in [0.5, 0.6) is 11.5 Å². The Kier molecular flexibility index (Phi) is 6.80. The van der Waals surface area contributed by atoms with Gasteiger partial charge in [0.25, 0.3) is 0 Å². The predicted molar refractivity (Wildman–Crippen MR) is 129 cm³/mol. The van der Waals surface area contributed by atoms with E-state index in [4.69, 9.17) is 9.47 Å². The van der Waals surface area contributed by atoms with Crippen LogP contribution < -0.4 is 9.47 Å². The molecule has 0 N–H and O–H groups in total. The molecule has 35 heavy (non-hydrogen) atoms. The first kappa shape index (κ1) is 23.8. The molecule has 5 rings (SSSR count). The van der Waals surface area contributed by atoms with Crippen molar-refractivity contribution < 1.29 is 27.5 Å². The number of hydrogen-bond donors (Lipinski definition) is 0. The van der Waals surface area contributed by atoms with Gasteiger partial charge in [-0.15, -0.1) is 0 Å². The van der Waals surface area contributed by atoms with Crippen LogP contribution in [0.1, 0.15) is 47.2 Å². The van der Waals surface area contributed by atoms with E-state index in [2.05, 4.69) is 0 Å². The van der Waals surface area contributed by atoms with Gasteiger partial charge in [-0.05, 0) is 48.6 Å². The number of benzene rings is 2. The highest BCUT2D eigenvalue weighted by molar-refractivity contribution is 7.89. The first-order valence-electron chi connectivity index (χ1n) is 12.2. The van der Waals surface area contributed by atoms with Crippen molar-refractivity contribution in [3.05, 3.63) is 53.1 Å². The summed E-state index contributed by atoms with van der Waals surface area (Å²) in [5, 5.41) is 0. The molecule has 186 valence electrons. The number of Topliss-reactive ketones (excluding diaryl/α,β-unsaturated/α-hetero) is 1. The van der Waals surface area contributed by atoms with Crippen molar-refractivity contribution >= 4 is 21.7 Å². The smallest absolute Gasteiger partial charge is 0.243 e. The lowest BCUT2D eigenvalue weighted by Crippen LogP contribution is -2.50. The molecule has 0 spiro atoms. The van der Waals surface area contributed by atoms with Crippen LogP contribution in [0.25, 0.3) is 0 Å². The van der Waals surface area contributed by atoms with Crippen LogP contribution >= 0.6 is 0 Å². The van der Waals surface area contributed by atoms with E-state index >= 15 is 0 Å². The largest absolute Gasteiger partial charge is 0.490 e. The van der Waals surface area contributed by atoms with Gasteiger partial charge in [-0.2, -0.15) is 4.31 Å². The number of piperazine rings is 1. The molecule has 0 unspecified atom stereocenters. The first-order chi connectivity index (χ1) is 16.9. The van der Waals surface area contributed by atoms with Crippen LogP contribution in [0.4, 0.5) is 0 Å². The van der Waals surface area contributed by atoms with E-state index in [9.17, 15) is 18.0 Å². The number of amides is 1. The monoisotopic (exact) mass is 498 g/mol. The summed E-state index contributed by atoms with van der Waals surface area (Å²) in [4.78, 5) is 27.1. The Bertz CT molecular complexity index is 1230. The van der Waals surface area contributed by atoms with Crippen LogP contribution in [0.2, 0.25) is 0 Å². The summed E-state index contributed by atoms with van der Waals surface area (Å²) in [6.07, 6.45) is 4.24. The number of aryl methyl sites for hydroxylation is 2. The van der Waals surface area contributed by atoms with E-state index in [0.717, 1.165) is 25.7 Å². The van der Waals surface area contributed by atoms with Crippen molar-refractivity contribution in [2.75, 3.05) is 39.4 Å². The number of carbonyl (C=O) groups excluding carboxylic acids is 2. The summed E-state index contributed by atoms with van der Waals surface area (Å²) in [5.41, 5.74) is 3.23. The lowest BCUT2D eigenvalue weighted by molar-refractivity contribution is -0.132. The predicted octanol–water partition coefficient (Wildman–Crippen LogP) is 2.83. The molecule has 2 heterocycles. The molecule has 1 aliphatic carbocycles. The number of ketones is 1. The number of carbonyl (C=O) groups is 2. The Balaban J connectivity index is 1.15. The van der Waals surface area contributed by atoms with E-state index in [1.165, 1.54) is 27.6 Å². The molecule has 3 aliphatic rings. The number of rotatable bonds is 6. The van der Waals surface area contributed by atoms with Crippen molar-refractivity contribution in [1.29, 1.82) is 0 Å². The van der Waals surface area contributed by atoms with Gasteiger partial charge in [0, 0.05) is 57.1 Å². The summed E-state index contributed by atoms with van der Waals surface area (Å²) in [7, 11) is -3.72. The minimum Gasteiger partial charge on any atom is -0.490 e. The van der Waals surface area contributed by atoms with Crippen molar-refractivity contribution in [1.82, 2.24) is 9.21 Å². The van der Waals surface area contributed by atoms with Gasteiger partial charge in [0.2, 0.25) is 15.9 Å². The Morgan fingerprint density at radius 3 is 2.34 bits per heavy atom. The van der Waals surface area contributed by atoms with Gasteiger partial charge < -0.3 is 14.4 Å². The Morgan fingerprint density at radius 1 is 0.800 bits per heavy atom. The van der Waals surface area contributed by atoms with Gasteiger partial charge in [-0.3, -0.25) is 9.59 Å². The van der Waals surface area contributed by atoms with Crippen molar-refractivity contribution in [2.24, 2.45) is 0 Å². The molecule has 1 saturated heterocycles. The molecule has 2 aromatic carbocycles. The van der Waals surface area contributed by atoms with Gasteiger partial charge in [0.1, 0.15) is 0 Å². The van der Waals surface area contributed by atoms with Crippen molar-refractivity contribution in [2.45, 2.75) is 43.4 Å². The van der Waals surface area contributed by atoms with Crippen LogP contribution in [-0.4, -0.2) is 68.7 Å². The molecule has 8 nitrogen and oxygen atoms in total. The fourth-order valence-corrected chi connectivity index (χ4v) is 6.34. The third-order valence-corrected chi connectivity index (χ3v) is 8.83. The third kappa shape index (κ3) is 5.06. The van der Waals surface area contributed by atoms with Gasteiger partial charge in [0.05, 0.1) is 18.1 Å². The Morgan fingerprint density at radius 2 is 1.54 bits per heavy atom. The number of nitrogens with zero attached hydrogens (tertiary/aromatic N) is 2. The summed E-state index contributed by atoms with van der Waals surface area (Å²) < 4.78 is 39.0. The van der Waals surface area contributed by atoms with Crippen LogP contribution in [0, 0.1) is 0 Å². The van der Waals surface area contributed by atoms with Gasteiger partial charge in [-0.25, -0.2) is 8.42 Å². The second kappa shape index (κ2) is 9.99. The molecule has 0 bridgehead atoms. The number of hydrogen-bond acceptors (Lipinski definition) is 6. The highest BCUT2D eigenvalue weighted by Crippen LogP contribution is 2.33. The molecule has 0 radical (unpaired) electrons. The lowest BCUT2D eigenvalue weighted by atomic mass is 10.0. The third-order valence-electron chi connectivity index (χ3n) is 6.93. The number of fused-ring (bicyclic) bond motifs is 2. The molecular weight excluding hydrogens is 468 g/mol. The lowest BCUT2D eigenvalue weighted by Gasteiger charge is -2.34. The zero-order valence-electron chi connectivity index (χ0n) is 19.7. The highest BCUT2D eigenvalue weighted by atomic mass is 32.2. The minimum absolute atomic E-state index is 0.0244. The van der Waals surface area contributed by atoms with E-state index in [1.807, 2.05) is 18.2 Å². The molecule has 1 fully saturated rings. The summed E-state index contributed by atoms with van der Waals surface area (Å²) in [6, 6.07) is 10.5. The maximum absolute atomic E-state index is 13.2. The van der Waals surface area contributed by atoms with Crippen LogP contribution in [0.3, 0.4) is 0 Å². The van der Waals surface area contributed by atoms with E-state index in [1.54, 1.807) is 11.0 Å². The van der Waals surface area contributed by atoms with Crippen molar-refractivity contribution in [3.63, 3.8) is 0 Å². The van der Waals surface area contributed by atoms with Gasteiger partial charge in [-0.1, -0.05) is 12.1 Å². The van der Waals surface area contributed by atoms with Crippen molar-refractivity contribution in [3.8, 4) is 11.5 Å². The maximum atomic E-state index is 13.2. The number of sulfonamides is 1. The quantitative estimate of drug-likeness (QED) is 0.569. The van der Waals surface area contributed by atoms with Gasteiger partial charge in [0.15, 0.2) is 17.3 Å². The fraction of sp³-hybridized carbons (Fsp3) is 0.462. The van der Waals surface area contributed by atoms with E-state index < -0.39 is 10.0 Å². The molecule has 2 aliphatic heterocycles. The molecule has 1 amide bonds. The molecule has 0 aromatic heterocycles. The topological polar surface area (TPSA) is 93.2 Å². The molecule has 9 heteroatoms. The average Bonchev–Trinajstić information content (AvgIpc) is 3.22. The zero-order valence-corrected chi connectivity index (χ0v) is 20.5. The normalized spacial score (nSPS) is 18.1. The number of ether oxygens (including phenoxy) is 2. The Labute approximate surface area is 205 Å². The molecule has 0 saturated carbocycles. The van der Waals surface area contributed by atoms with Crippen LogP contribution in [0.15, 0.2) is 41.3 Å². The molecule has 2 aromatic rings. The Hall–Kier alpha value is -2.91. The second-order valence-corrected chi connectivity index (χ2v) is 11.1. The van der Waals surface area contributed by atoms with E-state index in [0.29, 0.717) is 43.4 Å². The zero-order chi connectivity index (χ0) is 24.4. The summed E-state index contributed by atoms with van der Waals surface area (Å²) in [6.45, 7) is 2.04. The molecular formula is C26H30N2O6S.